The Labute approximate surface area is 130 Å². The summed E-state index contributed by atoms with van der Waals surface area (Å²) >= 11 is 0. The lowest BCUT2D eigenvalue weighted by molar-refractivity contribution is 0.144. The Hall–Kier alpha value is -0.620. The van der Waals surface area contributed by atoms with Crippen LogP contribution in [0.2, 0.25) is 0 Å². The van der Waals surface area contributed by atoms with Gasteiger partial charge in [0, 0.05) is 31.7 Å². The molecule has 0 spiro atoms. The molecule has 1 atom stereocenters. The lowest BCUT2D eigenvalue weighted by Crippen LogP contribution is -2.45. The van der Waals surface area contributed by atoms with E-state index in [1.54, 1.807) is 13.0 Å². The minimum absolute atomic E-state index is 0. The fraction of sp³-hybridized carbons (Fsp3) is 0.538. The molecule has 2 N–H and O–H groups in total. The van der Waals surface area contributed by atoms with Crippen molar-refractivity contribution in [2.45, 2.75) is 13.0 Å². The number of nitrogens with one attached hydrogen (secondary N) is 1. The minimum atomic E-state index is -0.682. The van der Waals surface area contributed by atoms with Crippen molar-refractivity contribution >= 4 is 24.8 Å². The molecule has 1 aromatic carbocycles. The predicted molar refractivity (Wildman–Crippen MR) is 80.5 cm³/mol. The third-order valence-electron chi connectivity index (χ3n) is 3.33. The van der Waals surface area contributed by atoms with Gasteiger partial charge in [0.1, 0.15) is 6.67 Å². The molecular weight excluding hydrogens is 309 g/mol. The molecule has 20 heavy (non-hydrogen) atoms. The quantitative estimate of drug-likeness (QED) is 0.895. The first-order chi connectivity index (χ1) is 8.63. The van der Waals surface area contributed by atoms with Crippen LogP contribution in [-0.2, 0) is 0 Å². The summed E-state index contributed by atoms with van der Waals surface area (Å²) in [5.41, 5.74) is 1.03. The lowest BCUT2D eigenvalue weighted by atomic mass is 10.0. The second-order valence-electron chi connectivity index (χ2n) is 4.64. The molecule has 1 aliphatic heterocycles. The first-order valence-corrected chi connectivity index (χ1v) is 6.13. The average Bonchev–Trinajstić information content (AvgIpc) is 2.37. The highest BCUT2D eigenvalue weighted by Crippen LogP contribution is 2.32. The molecule has 0 aromatic heterocycles. The van der Waals surface area contributed by atoms with E-state index in [0.717, 1.165) is 13.1 Å². The van der Waals surface area contributed by atoms with E-state index in [1.807, 2.05) is 4.90 Å². The number of aryl methyl sites for hydroxylation is 1. The van der Waals surface area contributed by atoms with Gasteiger partial charge < -0.3 is 10.4 Å². The molecule has 0 bridgehead atoms. The van der Waals surface area contributed by atoms with Crippen LogP contribution >= 0.6 is 24.8 Å². The Morgan fingerprint density at radius 2 is 1.90 bits per heavy atom. The zero-order valence-electron chi connectivity index (χ0n) is 11.2. The molecule has 1 aromatic rings. The maximum Gasteiger partial charge on any atom is 0.165 e. The highest BCUT2D eigenvalue weighted by Gasteiger charge is 2.25. The van der Waals surface area contributed by atoms with Gasteiger partial charge in [-0.3, -0.25) is 4.90 Å². The number of alkyl halides is 1. The lowest BCUT2D eigenvalue weighted by Gasteiger charge is -2.34. The van der Waals surface area contributed by atoms with Gasteiger partial charge in [-0.05, 0) is 18.6 Å². The van der Waals surface area contributed by atoms with Gasteiger partial charge in [0.25, 0.3) is 0 Å². The molecule has 1 fully saturated rings. The van der Waals surface area contributed by atoms with Crippen LogP contribution in [0.3, 0.4) is 0 Å². The summed E-state index contributed by atoms with van der Waals surface area (Å²) in [4.78, 5) is 1.93. The monoisotopic (exact) mass is 328 g/mol. The first kappa shape index (κ1) is 19.4. The summed E-state index contributed by atoms with van der Waals surface area (Å²) in [6, 6.07) is 2.35. The van der Waals surface area contributed by atoms with Gasteiger partial charge in [0.05, 0.1) is 6.04 Å². The van der Waals surface area contributed by atoms with E-state index < -0.39 is 24.3 Å². The number of aromatic hydroxyl groups is 1. The van der Waals surface area contributed by atoms with E-state index in [9.17, 15) is 13.9 Å². The van der Waals surface area contributed by atoms with Crippen LogP contribution < -0.4 is 5.32 Å². The maximum absolute atomic E-state index is 13.5. The number of hydrogen-bond donors (Lipinski definition) is 2. The number of hydrogen-bond acceptors (Lipinski definition) is 3. The van der Waals surface area contributed by atoms with Crippen molar-refractivity contribution < 1.29 is 13.9 Å². The molecule has 0 aliphatic carbocycles. The highest BCUT2D eigenvalue weighted by atomic mass is 35.5. The van der Waals surface area contributed by atoms with Crippen molar-refractivity contribution in [3.63, 3.8) is 0 Å². The number of piperazine rings is 1. The van der Waals surface area contributed by atoms with Gasteiger partial charge in [-0.15, -0.1) is 24.8 Å². The van der Waals surface area contributed by atoms with Crippen molar-refractivity contribution in [2.75, 3.05) is 32.9 Å². The van der Waals surface area contributed by atoms with Gasteiger partial charge in [0.2, 0.25) is 0 Å². The molecule has 3 nitrogen and oxygen atoms in total. The summed E-state index contributed by atoms with van der Waals surface area (Å²) in [5.74, 6) is -1.11. The summed E-state index contributed by atoms with van der Waals surface area (Å²) < 4.78 is 26.8. The Morgan fingerprint density at radius 3 is 2.45 bits per heavy atom. The number of halogens is 4. The standard InChI is InChI=1S/C13H18F2N2O.2ClH/c1-9-6-10(13(18)11(15)7-9)12(8-14)17-4-2-16-3-5-17;;/h6-7,12,16,18H,2-5,8H2,1H3;2*1H/t12-;;/m1../s1. The van der Waals surface area contributed by atoms with E-state index >= 15 is 0 Å². The van der Waals surface area contributed by atoms with E-state index in [-0.39, 0.29) is 24.8 Å². The summed E-state index contributed by atoms with van der Waals surface area (Å²) in [7, 11) is 0. The van der Waals surface area contributed by atoms with Crippen LogP contribution in [0.5, 0.6) is 5.75 Å². The Kier molecular flexibility index (Phi) is 8.35. The molecule has 0 amide bonds. The fourth-order valence-corrected chi connectivity index (χ4v) is 2.39. The SMILES string of the molecule is Cc1cc(F)c(O)c([C@@H](CF)N2CCNCC2)c1.Cl.Cl. The molecule has 1 saturated heterocycles. The predicted octanol–water partition coefficient (Wildman–Crippen LogP) is 2.60. The maximum atomic E-state index is 13.5. The summed E-state index contributed by atoms with van der Waals surface area (Å²) in [6.45, 7) is 4.07. The van der Waals surface area contributed by atoms with Gasteiger partial charge in [0.15, 0.2) is 11.6 Å². The molecule has 0 unspecified atom stereocenters. The highest BCUT2D eigenvalue weighted by molar-refractivity contribution is 5.85. The molecule has 7 heteroatoms. The zero-order chi connectivity index (χ0) is 13.1. The number of nitrogens with zero attached hydrogens (tertiary/aromatic N) is 1. The summed E-state index contributed by atoms with van der Waals surface area (Å²) in [5, 5.41) is 13.0. The smallest absolute Gasteiger partial charge is 0.165 e. The molecule has 0 saturated carbocycles. The second-order valence-corrected chi connectivity index (χ2v) is 4.64. The average molecular weight is 329 g/mol. The van der Waals surface area contributed by atoms with Crippen molar-refractivity contribution in [2.24, 2.45) is 0 Å². The van der Waals surface area contributed by atoms with E-state index in [4.69, 9.17) is 0 Å². The van der Waals surface area contributed by atoms with Gasteiger partial charge in [-0.2, -0.15) is 0 Å². The zero-order valence-corrected chi connectivity index (χ0v) is 12.9. The fourth-order valence-electron chi connectivity index (χ4n) is 2.39. The molecular formula is C13H20Cl2F2N2O. The van der Waals surface area contributed by atoms with Gasteiger partial charge in [-0.1, -0.05) is 6.07 Å². The van der Waals surface area contributed by atoms with Crippen LogP contribution in [-0.4, -0.2) is 42.9 Å². The van der Waals surface area contributed by atoms with Gasteiger partial charge in [-0.25, -0.2) is 8.78 Å². The molecule has 2 rings (SSSR count). The Balaban J connectivity index is 0.00000180. The molecule has 1 aliphatic rings. The van der Waals surface area contributed by atoms with Crippen LogP contribution in [0, 0.1) is 12.7 Å². The minimum Gasteiger partial charge on any atom is -0.505 e. The molecule has 116 valence electrons. The van der Waals surface area contributed by atoms with Crippen molar-refractivity contribution in [1.29, 1.82) is 0 Å². The van der Waals surface area contributed by atoms with Crippen LogP contribution in [0.25, 0.3) is 0 Å². The van der Waals surface area contributed by atoms with Crippen molar-refractivity contribution in [3.05, 3.63) is 29.1 Å². The number of phenolic OH excluding ortho intramolecular Hbond substituents is 1. The van der Waals surface area contributed by atoms with Crippen molar-refractivity contribution in [1.82, 2.24) is 10.2 Å². The van der Waals surface area contributed by atoms with E-state index in [2.05, 4.69) is 5.32 Å². The van der Waals surface area contributed by atoms with E-state index in [0.29, 0.717) is 24.2 Å². The van der Waals surface area contributed by atoms with Crippen LogP contribution in [0.1, 0.15) is 17.2 Å². The van der Waals surface area contributed by atoms with E-state index in [1.165, 1.54) is 6.07 Å². The number of rotatable bonds is 3. The third kappa shape index (κ3) is 4.19. The third-order valence-corrected chi connectivity index (χ3v) is 3.33. The molecule has 1 heterocycles. The normalized spacial score (nSPS) is 16.9. The molecule has 0 radical (unpaired) electrons. The van der Waals surface area contributed by atoms with Crippen molar-refractivity contribution in [3.8, 4) is 5.75 Å². The number of benzene rings is 1. The Bertz CT molecular complexity index is 429. The second kappa shape index (κ2) is 8.62. The summed E-state index contributed by atoms with van der Waals surface area (Å²) in [6.07, 6.45) is 0. The number of phenols is 1. The topological polar surface area (TPSA) is 35.5 Å². The van der Waals surface area contributed by atoms with Crippen LogP contribution in [0.15, 0.2) is 12.1 Å². The first-order valence-electron chi connectivity index (χ1n) is 6.13. The van der Waals surface area contributed by atoms with Gasteiger partial charge >= 0.3 is 0 Å². The Morgan fingerprint density at radius 1 is 1.30 bits per heavy atom. The largest absolute Gasteiger partial charge is 0.505 e. The van der Waals surface area contributed by atoms with Crippen LogP contribution in [0.4, 0.5) is 8.78 Å².